The molecule has 106 valence electrons. The van der Waals surface area contributed by atoms with Crippen LogP contribution in [0.2, 0.25) is 0 Å². The minimum absolute atomic E-state index is 0.131. The van der Waals surface area contributed by atoms with E-state index < -0.39 is 11.4 Å². The maximum Gasteiger partial charge on any atom is 0.224 e. The molecular weight excluding hydrogens is 247 g/mol. The van der Waals surface area contributed by atoms with Crippen LogP contribution in [0.15, 0.2) is 6.20 Å². The number of halogens is 1. The van der Waals surface area contributed by atoms with Crippen LogP contribution in [0.3, 0.4) is 0 Å². The van der Waals surface area contributed by atoms with E-state index in [1.54, 1.807) is 7.05 Å². The third kappa shape index (κ3) is 3.53. The normalized spacial score (nSPS) is 27.1. The molecule has 0 spiro atoms. The molecule has 0 amide bonds. The summed E-state index contributed by atoms with van der Waals surface area (Å²) in [4.78, 5) is 7.78. The lowest BCUT2D eigenvalue weighted by atomic mass is 9.79. The van der Waals surface area contributed by atoms with Crippen LogP contribution in [-0.4, -0.2) is 34.3 Å². The zero-order valence-corrected chi connectivity index (χ0v) is 11.4. The molecule has 1 aliphatic carbocycles. The zero-order chi connectivity index (χ0) is 13.9. The number of hydrogen-bond donors (Lipinski definition) is 3. The van der Waals surface area contributed by atoms with Gasteiger partial charge in [-0.15, -0.1) is 0 Å². The molecule has 19 heavy (non-hydrogen) atoms. The second-order valence-corrected chi connectivity index (χ2v) is 5.40. The van der Waals surface area contributed by atoms with Gasteiger partial charge in [0.25, 0.3) is 0 Å². The predicted molar refractivity (Wildman–Crippen MR) is 72.6 cm³/mol. The summed E-state index contributed by atoms with van der Waals surface area (Å²) >= 11 is 0. The van der Waals surface area contributed by atoms with Gasteiger partial charge in [0.2, 0.25) is 5.95 Å². The summed E-state index contributed by atoms with van der Waals surface area (Å²) < 4.78 is 13.6. The van der Waals surface area contributed by atoms with Crippen molar-refractivity contribution in [2.24, 2.45) is 5.92 Å². The molecule has 0 bridgehead atoms. The first-order chi connectivity index (χ1) is 9.02. The van der Waals surface area contributed by atoms with E-state index in [1.807, 2.05) is 0 Å². The summed E-state index contributed by atoms with van der Waals surface area (Å²) in [5, 5.41) is 16.1. The van der Waals surface area contributed by atoms with E-state index in [-0.39, 0.29) is 5.82 Å². The molecule has 0 aliphatic heterocycles. The summed E-state index contributed by atoms with van der Waals surface area (Å²) in [6.07, 6.45) is 4.62. The number of aromatic nitrogens is 2. The number of anilines is 2. The Morgan fingerprint density at radius 2 is 2.16 bits per heavy atom. The number of hydrogen-bond acceptors (Lipinski definition) is 5. The van der Waals surface area contributed by atoms with Crippen molar-refractivity contribution >= 4 is 11.8 Å². The van der Waals surface area contributed by atoms with Gasteiger partial charge in [-0.1, -0.05) is 6.92 Å². The molecule has 1 aromatic heterocycles. The van der Waals surface area contributed by atoms with Crippen molar-refractivity contribution in [2.75, 3.05) is 24.2 Å². The minimum Gasteiger partial charge on any atom is -0.388 e. The molecule has 0 saturated heterocycles. The summed E-state index contributed by atoms with van der Waals surface area (Å²) in [5.74, 6) is 0.637. The van der Waals surface area contributed by atoms with Gasteiger partial charge in [-0.2, -0.15) is 4.98 Å². The third-order valence-electron chi connectivity index (χ3n) is 3.76. The summed E-state index contributed by atoms with van der Waals surface area (Å²) in [5.41, 5.74) is -0.760. The lowest BCUT2D eigenvalue weighted by Gasteiger charge is -2.35. The van der Waals surface area contributed by atoms with Crippen molar-refractivity contribution in [3.05, 3.63) is 12.0 Å². The summed E-state index contributed by atoms with van der Waals surface area (Å²) in [7, 11) is 1.67. The Morgan fingerprint density at radius 1 is 1.47 bits per heavy atom. The molecule has 1 heterocycles. The molecule has 1 saturated carbocycles. The van der Waals surface area contributed by atoms with Gasteiger partial charge in [0.05, 0.1) is 11.8 Å². The summed E-state index contributed by atoms with van der Waals surface area (Å²) in [6.45, 7) is 2.51. The largest absolute Gasteiger partial charge is 0.388 e. The smallest absolute Gasteiger partial charge is 0.224 e. The van der Waals surface area contributed by atoms with Gasteiger partial charge in [0.15, 0.2) is 11.6 Å². The van der Waals surface area contributed by atoms with E-state index in [9.17, 15) is 9.50 Å². The molecule has 1 aromatic rings. The number of nitrogens with zero attached hydrogens (tertiary/aromatic N) is 2. The zero-order valence-electron chi connectivity index (χ0n) is 11.4. The minimum atomic E-state index is -0.760. The van der Waals surface area contributed by atoms with E-state index in [0.29, 0.717) is 18.4 Å². The molecule has 0 radical (unpaired) electrons. The van der Waals surface area contributed by atoms with Crippen molar-refractivity contribution < 1.29 is 9.50 Å². The molecule has 5 nitrogen and oxygen atoms in total. The van der Waals surface area contributed by atoms with Crippen molar-refractivity contribution in [2.45, 2.75) is 38.2 Å². The van der Waals surface area contributed by atoms with Gasteiger partial charge in [0, 0.05) is 13.6 Å². The molecule has 1 aliphatic rings. The van der Waals surface area contributed by atoms with Gasteiger partial charge in [-0.05, 0) is 31.6 Å². The quantitative estimate of drug-likeness (QED) is 0.779. The molecule has 1 fully saturated rings. The number of nitrogens with one attached hydrogen (secondary N) is 2. The van der Waals surface area contributed by atoms with E-state index in [2.05, 4.69) is 27.5 Å². The maximum atomic E-state index is 13.6. The molecule has 0 unspecified atom stereocenters. The van der Waals surface area contributed by atoms with Gasteiger partial charge < -0.3 is 15.7 Å². The van der Waals surface area contributed by atoms with Crippen LogP contribution in [0.5, 0.6) is 0 Å². The Morgan fingerprint density at radius 3 is 2.79 bits per heavy atom. The Bertz CT molecular complexity index is 433. The Labute approximate surface area is 112 Å². The third-order valence-corrected chi connectivity index (χ3v) is 3.76. The SMILES string of the molecule is CNc1ncc(F)c(NCC2(O)CCC(C)CC2)n1. The summed E-state index contributed by atoms with van der Waals surface area (Å²) in [6, 6.07) is 0. The molecule has 2 rings (SSSR count). The standard InChI is InChI=1S/C13H21FN4O/c1-9-3-5-13(19,6-4-9)8-17-11-10(14)7-16-12(15-2)18-11/h7,9,19H,3-6,8H2,1-2H3,(H2,15,16,17,18). The molecule has 6 heteroatoms. The lowest BCUT2D eigenvalue weighted by Crippen LogP contribution is -2.40. The Hall–Kier alpha value is -1.43. The fourth-order valence-electron chi connectivity index (χ4n) is 2.34. The van der Waals surface area contributed by atoms with Gasteiger partial charge >= 0.3 is 0 Å². The highest BCUT2D eigenvalue weighted by Gasteiger charge is 2.31. The second-order valence-electron chi connectivity index (χ2n) is 5.40. The fraction of sp³-hybridized carbons (Fsp3) is 0.692. The number of rotatable bonds is 4. The van der Waals surface area contributed by atoms with Gasteiger partial charge in [0.1, 0.15) is 0 Å². The van der Waals surface area contributed by atoms with Crippen LogP contribution >= 0.6 is 0 Å². The van der Waals surface area contributed by atoms with E-state index in [1.165, 1.54) is 0 Å². The van der Waals surface area contributed by atoms with E-state index >= 15 is 0 Å². The van der Waals surface area contributed by atoms with Crippen LogP contribution in [-0.2, 0) is 0 Å². The van der Waals surface area contributed by atoms with E-state index in [4.69, 9.17) is 0 Å². The first kappa shape index (κ1) is 14.0. The highest BCUT2D eigenvalue weighted by Crippen LogP contribution is 2.32. The predicted octanol–water partition coefficient (Wildman–Crippen LogP) is 2.01. The van der Waals surface area contributed by atoms with Crippen molar-refractivity contribution in [3.8, 4) is 0 Å². The molecular formula is C13H21FN4O. The topological polar surface area (TPSA) is 70.1 Å². The first-order valence-corrected chi connectivity index (χ1v) is 6.69. The average molecular weight is 268 g/mol. The van der Waals surface area contributed by atoms with Crippen LogP contribution < -0.4 is 10.6 Å². The highest BCUT2D eigenvalue weighted by molar-refractivity contribution is 5.41. The monoisotopic (exact) mass is 268 g/mol. The molecule has 3 N–H and O–H groups in total. The first-order valence-electron chi connectivity index (χ1n) is 6.69. The van der Waals surface area contributed by atoms with E-state index in [0.717, 1.165) is 31.9 Å². The Kier molecular flexibility index (Phi) is 4.19. The molecule has 0 atom stereocenters. The van der Waals surface area contributed by atoms with Crippen molar-refractivity contribution in [3.63, 3.8) is 0 Å². The average Bonchev–Trinajstić information content (AvgIpc) is 2.42. The van der Waals surface area contributed by atoms with Crippen molar-refractivity contribution in [1.82, 2.24) is 9.97 Å². The highest BCUT2D eigenvalue weighted by atomic mass is 19.1. The fourth-order valence-corrected chi connectivity index (χ4v) is 2.34. The Balaban J connectivity index is 1.98. The van der Waals surface area contributed by atoms with Crippen LogP contribution in [0, 0.1) is 11.7 Å². The van der Waals surface area contributed by atoms with Gasteiger partial charge in [-0.25, -0.2) is 9.37 Å². The van der Waals surface area contributed by atoms with Crippen LogP contribution in [0.4, 0.5) is 16.2 Å². The van der Waals surface area contributed by atoms with Crippen LogP contribution in [0.1, 0.15) is 32.6 Å². The second kappa shape index (κ2) is 5.69. The maximum absolute atomic E-state index is 13.6. The van der Waals surface area contributed by atoms with Gasteiger partial charge in [-0.3, -0.25) is 0 Å². The van der Waals surface area contributed by atoms with Crippen molar-refractivity contribution in [1.29, 1.82) is 0 Å². The number of aliphatic hydroxyl groups is 1. The lowest BCUT2D eigenvalue weighted by molar-refractivity contribution is 0.00490. The molecule has 0 aromatic carbocycles. The van der Waals surface area contributed by atoms with Crippen LogP contribution in [0.25, 0.3) is 0 Å².